The van der Waals surface area contributed by atoms with Crippen molar-refractivity contribution in [3.63, 3.8) is 0 Å². The number of amides is 2. The molecule has 138 valence electrons. The standard InChI is InChI=1S/C19H25N5O2/c1-4-5-6-10-20-18(26)17-11-13(2)21-19(24-17)23-16-9-7-8-15(12-16)22-14(3)25/h7-9,11-12H,4-6,10H2,1-3H3,(H,20,26)(H,22,25)(H,21,23,24). The fourth-order valence-corrected chi connectivity index (χ4v) is 2.42. The average molecular weight is 355 g/mol. The highest BCUT2D eigenvalue weighted by Gasteiger charge is 2.10. The number of benzene rings is 1. The minimum absolute atomic E-state index is 0.143. The van der Waals surface area contributed by atoms with Crippen LogP contribution in [-0.4, -0.2) is 28.3 Å². The van der Waals surface area contributed by atoms with Crippen LogP contribution in [0.4, 0.5) is 17.3 Å². The summed E-state index contributed by atoms with van der Waals surface area (Å²) < 4.78 is 0. The minimum Gasteiger partial charge on any atom is -0.351 e. The van der Waals surface area contributed by atoms with Crippen LogP contribution in [0.2, 0.25) is 0 Å². The zero-order chi connectivity index (χ0) is 18.9. The van der Waals surface area contributed by atoms with Crippen molar-refractivity contribution in [3.05, 3.63) is 41.7 Å². The van der Waals surface area contributed by atoms with E-state index >= 15 is 0 Å². The van der Waals surface area contributed by atoms with Gasteiger partial charge in [-0.25, -0.2) is 9.97 Å². The van der Waals surface area contributed by atoms with Gasteiger partial charge in [-0.3, -0.25) is 9.59 Å². The second kappa shape index (κ2) is 9.50. The zero-order valence-electron chi connectivity index (χ0n) is 15.4. The van der Waals surface area contributed by atoms with E-state index in [0.29, 0.717) is 29.6 Å². The van der Waals surface area contributed by atoms with E-state index in [1.54, 1.807) is 18.2 Å². The van der Waals surface area contributed by atoms with E-state index in [9.17, 15) is 9.59 Å². The molecule has 0 fully saturated rings. The first-order chi connectivity index (χ1) is 12.5. The maximum atomic E-state index is 12.3. The zero-order valence-corrected chi connectivity index (χ0v) is 15.4. The molecule has 3 N–H and O–H groups in total. The molecule has 0 bridgehead atoms. The third kappa shape index (κ3) is 6.16. The molecular weight excluding hydrogens is 330 g/mol. The summed E-state index contributed by atoms with van der Waals surface area (Å²) in [6.07, 6.45) is 3.14. The molecule has 0 aliphatic rings. The van der Waals surface area contributed by atoms with Gasteiger partial charge in [-0.05, 0) is 37.6 Å². The Labute approximate surface area is 153 Å². The van der Waals surface area contributed by atoms with E-state index in [1.165, 1.54) is 6.92 Å². The number of unbranched alkanes of at least 4 members (excludes halogenated alkanes) is 2. The Morgan fingerprint density at radius 1 is 1.08 bits per heavy atom. The molecular formula is C19H25N5O2. The monoisotopic (exact) mass is 355 g/mol. The SMILES string of the molecule is CCCCCNC(=O)c1cc(C)nc(Nc2cccc(NC(C)=O)c2)n1. The van der Waals surface area contributed by atoms with Crippen LogP contribution in [0.5, 0.6) is 0 Å². The van der Waals surface area contributed by atoms with Crippen molar-refractivity contribution in [2.45, 2.75) is 40.0 Å². The first-order valence-electron chi connectivity index (χ1n) is 8.76. The summed E-state index contributed by atoms with van der Waals surface area (Å²) in [7, 11) is 0. The summed E-state index contributed by atoms with van der Waals surface area (Å²) in [5, 5.41) is 8.68. The number of nitrogens with zero attached hydrogens (tertiary/aromatic N) is 2. The van der Waals surface area contributed by atoms with Gasteiger partial charge in [0.15, 0.2) is 0 Å². The fraction of sp³-hybridized carbons (Fsp3) is 0.368. The number of rotatable bonds is 8. The van der Waals surface area contributed by atoms with Crippen LogP contribution in [0.3, 0.4) is 0 Å². The number of hydrogen-bond donors (Lipinski definition) is 3. The molecule has 1 aromatic carbocycles. The number of aromatic nitrogens is 2. The van der Waals surface area contributed by atoms with E-state index in [0.717, 1.165) is 24.9 Å². The van der Waals surface area contributed by atoms with Gasteiger partial charge < -0.3 is 16.0 Å². The molecule has 7 nitrogen and oxygen atoms in total. The van der Waals surface area contributed by atoms with Crippen molar-refractivity contribution in [1.82, 2.24) is 15.3 Å². The Balaban J connectivity index is 2.09. The smallest absolute Gasteiger partial charge is 0.270 e. The molecule has 0 atom stereocenters. The van der Waals surface area contributed by atoms with Crippen LogP contribution in [0.15, 0.2) is 30.3 Å². The van der Waals surface area contributed by atoms with Crippen molar-refractivity contribution in [1.29, 1.82) is 0 Å². The van der Waals surface area contributed by atoms with Gasteiger partial charge in [0.05, 0.1) is 0 Å². The van der Waals surface area contributed by atoms with Crippen LogP contribution in [-0.2, 0) is 4.79 Å². The number of carbonyl (C=O) groups is 2. The molecule has 0 spiro atoms. The summed E-state index contributed by atoms with van der Waals surface area (Å²) >= 11 is 0. The molecule has 1 heterocycles. The van der Waals surface area contributed by atoms with Gasteiger partial charge in [-0.2, -0.15) is 0 Å². The normalized spacial score (nSPS) is 10.3. The quantitative estimate of drug-likeness (QED) is 0.631. The van der Waals surface area contributed by atoms with Crippen molar-refractivity contribution in [2.24, 2.45) is 0 Å². The molecule has 2 amide bonds. The summed E-state index contributed by atoms with van der Waals surface area (Å²) in [6, 6.07) is 8.87. The molecule has 2 aromatic rings. The number of aryl methyl sites for hydroxylation is 1. The molecule has 26 heavy (non-hydrogen) atoms. The summed E-state index contributed by atoms with van der Waals surface area (Å²) in [5.74, 6) is -0.0127. The van der Waals surface area contributed by atoms with Crippen LogP contribution in [0, 0.1) is 6.92 Å². The maximum Gasteiger partial charge on any atom is 0.270 e. The van der Waals surface area contributed by atoms with Crippen LogP contribution in [0.25, 0.3) is 0 Å². The van der Waals surface area contributed by atoms with Gasteiger partial charge in [0.2, 0.25) is 11.9 Å². The Kier molecular flexibility index (Phi) is 7.08. The number of carbonyl (C=O) groups excluding carboxylic acids is 2. The van der Waals surface area contributed by atoms with E-state index in [4.69, 9.17) is 0 Å². The van der Waals surface area contributed by atoms with Gasteiger partial charge in [-0.1, -0.05) is 25.8 Å². The maximum absolute atomic E-state index is 12.3. The highest BCUT2D eigenvalue weighted by atomic mass is 16.2. The molecule has 0 aliphatic carbocycles. The van der Waals surface area contributed by atoms with E-state index in [-0.39, 0.29) is 11.8 Å². The van der Waals surface area contributed by atoms with Crippen LogP contribution < -0.4 is 16.0 Å². The predicted molar refractivity (Wildman–Crippen MR) is 103 cm³/mol. The van der Waals surface area contributed by atoms with Crippen LogP contribution >= 0.6 is 0 Å². The van der Waals surface area contributed by atoms with Crippen molar-refractivity contribution >= 4 is 29.1 Å². The third-order valence-electron chi connectivity index (χ3n) is 3.59. The number of anilines is 3. The lowest BCUT2D eigenvalue weighted by molar-refractivity contribution is -0.114. The van der Waals surface area contributed by atoms with E-state index in [1.807, 2.05) is 19.1 Å². The fourth-order valence-electron chi connectivity index (χ4n) is 2.42. The third-order valence-corrected chi connectivity index (χ3v) is 3.59. The Bertz CT molecular complexity index is 776. The van der Waals surface area contributed by atoms with E-state index in [2.05, 4.69) is 32.8 Å². The Morgan fingerprint density at radius 2 is 1.85 bits per heavy atom. The second-order valence-electron chi connectivity index (χ2n) is 6.07. The van der Waals surface area contributed by atoms with Crippen molar-refractivity contribution < 1.29 is 9.59 Å². The highest BCUT2D eigenvalue weighted by Crippen LogP contribution is 2.18. The first-order valence-corrected chi connectivity index (χ1v) is 8.76. The number of hydrogen-bond acceptors (Lipinski definition) is 5. The molecule has 0 saturated heterocycles. The summed E-state index contributed by atoms with van der Waals surface area (Å²) in [5.41, 5.74) is 2.41. The minimum atomic E-state index is -0.207. The molecule has 7 heteroatoms. The second-order valence-corrected chi connectivity index (χ2v) is 6.07. The summed E-state index contributed by atoms with van der Waals surface area (Å²) in [6.45, 7) is 6.02. The molecule has 0 saturated carbocycles. The molecule has 1 aromatic heterocycles. The first kappa shape index (κ1) is 19.4. The average Bonchev–Trinajstić information content (AvgIpc) is 2.57. The molecule has 0 aliphatic heterocycles. The topological polar surface area (TPSA) is 96.0 Å². The number of nitrogens with one attached hydrogen (secondary N) is 3. The highest BCUT2D eigenvalue weighted by molar-refractivity contribution is 5.92. The van der Waals surface area contributed by atoms with Crippen molar-refractivity contribution in [2.75, 3.05) is 17.2 Å². The van der Waals surface area contributed by atoms with Crippen LogP contribution in [0.1, 0.15) is 49.3 Å². The van der Waals surface area contributed by atoms with Crippen molar-refractivity contribution in [3.8, 4) is 0 Å². The lowest BCUT2D eigenvalue weighted by Crippen LogP contribution is -2.25. The van der Waals surface area contributed by atoms with Gasteiger partial charge in [0, 0.05) is 30.5 Å². The molecule has 0 radical (unpaired) electrons. The van der Waals surface area contributed by atoms with Gasteiger partial charge in [0.25, 0.3) is 5.91 Å². The molecule has 2 rings (SSSR count). The Hall–Kier alpha value is -2.96. The molecule has 0 unspecified atom stereocenters. The lowest BCUT2D eigenvalue weighted by atomic mass is 10.2. The Morgan fingerprint density at radius 3 is 2.58 bits per heavy atom. The van der Waals surface area contributed by atoms with E-state index < -0.39 is 0 Å². The van der Waals surface area contributed by atoms with Gasteiger partial charge in [-0.15, -0.1) is 0 Å². The largest absolute Gasteiger partial charge is 0.351 e. The predicted octanol–water partition coefficient (Wildman–Crippen LogP) is 3.41. The van der Waals surface area contributed by atoms with Gasteiger partial charge >= 0.3 is 0 Å². The lowest BCUT2D eigenvalue weighted by Gasteiger charge is -2.10. The summed E-state index contributed by atoms with van der Waals surface area (Å²) in [4.78, 5) is 32.1. The van der Waals surface area contributed by atoms with Gasteiger partial charge in [0.1, 0.15) is 5.69 Å².